The maximum absolute atomic E-state index is 14.6. The van der Waals surface area contributed by atoms with E-state index in [4.69, 9.17) is 0 Å². The number of anilines is 1. The van der Waals surface area contributed by atoms with Crippen LogP contribution >= 0.6 is 0 Å². The maximum atomic E-state index is 14.6. The summed E-state index contributed by atoms with van der Waals surface area (Å²) in [5.74, 6) is -0.966. The summed E-state index contributed by atoms with van der Waals surface area (Å²) in [7, 11) is 0. The van der Waals surface area contributed by atoms with Crippen molar-refractivity contribution in [1.29, 1.82) is 0 Å². The Balaban J connectivity index is 1.57. The van der Waals surface area contributed by atoms with Crippen molar-refractivity contribution >= 4 is 28.5 Å². The van der Waals surface area contributed by atoms with Gasteiger partial charge >= 0.3 is 0 Å². The summed E-state index contributed by atoms with van der Waals surface area (Å²) in [5, 5.41) is 10.3. The first-order valence-corrected chi connectivity index (χ1v) is 9.37. The van der Waals surface area contributed by atoms with Crippen LogP contribution in [0.25, 0.3) is 10.9 Å². The molecular formula is C21H22F2N4O. The molecule has 1 aromatic heterocycles. The third-order valence-electron chi connectivity index (χ3n) is 5.23. The Hall–Kier alpha value is -2.93. The number of halogens is 2. The van der Waals surface area contributed by atoms with E-state index in [2.05, 4.69) is 21.8 Å². The Morgan fingerprint density at radius 3 is 2.61 bits per heavy atom. The second-order valence-electron chi connectivity index (χ2n) is 6.86. The fraction of sp³-hybridized carbons (Fsp3) is 0.286. The highest BCUT2D eigenvalue weighted by molar-refractivity contribution is 6.02. The second kappa shape index (κ2) is 7.59. The van der Waals surface area contributed by atoms with Crippen molar-refractivity contribution in [2.45, 2.75) is 6.92 Å². The van der Waals surface area contributed by atoms with Crippen molar-refractivity contribution in [2.75, 3.05) is 37.6 Å². The molecule has 1 fully saturated rings. The van der Waals surface area contributed by atoms with Gasteiger partial charge in [-0.2, -0.15) is 0 Å². The molecule has 2 heterocycles. The topological polar surface area (TPSA) is 54.9 Å². The number of nitrogens with zero attached hydrogens (tertiary/aromatic N) is 3. The van der Waals surface area contributed by atoms with Gasteiger partial charge < -0.3 is 19.9 Å². The van der Waals surface area contributed by atoms with E-state index in [1.54, 1.807) is 24.3 Å². The number of fused-ring (bicyclic) bond motifs is 1. The number of likely N-dealkylation sites (N-methyl/N-ethyl adjacent to an activating group) is 1. The van der Waals surface area contributed by atoms with Crippen molar-refractivity contribution in [1.82, 2.24) is 9.88 Å². The normalized spacial score (nSPS) is 15.8. The Morgan fingerprint density at radius 2 is 1.89 bits per heavy atom. The molecule has 1 aliphatic heterocycles. The van der Waals surface area contributed by atoms with Crippen LogP contribution in [0, 0.1) is 11.6 Å². The molecule has 1 saturated heterocycles. The molecule has 1 aliphatic rings. The minimum absolute atomic E-state index is 0.172. The van der Waals surface area contributed by atoms with E-state index in [-0.39, 0.29) is 22.6 Å². The lowest BCUT2D eigenvalue weighted by molar-refractivity contribution is 0.270. The van der Waals surface area contributed by atoms with Gasteiger partial charge in [0, 0.05) is 43.8 Å². The number of aliphatic imine (C=N–C) groups is 1. The van der Waals surface area contributed by atoms with Crippen LogP contribution in [0.3, 0.4) is 0 Å². The van der Waals surface area contributed by atoms with Crippen molar-refractivity contribution < 1.29 is 13.9 Å². The van der Waals surface area contributed by atoms with Crippen molar-refractivity contribution in [2.24, 2.45) is 4.99 Å². The molecule has 5 nitrogen and oxygen atoms in total. The Bertz CT molecular complexity index is 1020. The molecule has 2 aromatic carbocycles. The third-order valence-corrected chi connectivity index (χ3v) is 5.23. The fourth-order valence-corrected chi connectivity index (χ4v) is 3.62. The van der Waals surface area contributed by atoms with Crippen LogP contribution in [-0.4, -0.2) is 53.9 Å². The predicted molar refractivity (Wildman–Crippen MR) is 108 cm³/mol. The van der Waals surface area contributed by atoms with Crippen LogP contribution in [0.4, 0.5) is 20.2 Å². The molecule has 0 atom stereocenters. The number of benzene rings is 2. The van der Waals surface area contributed by atoms with Crippen LogP contribution in [0.2, 0.25) is 0 Å². The quantitative estimate of drug-likeness (QED) is 0.668. The van der Waals surface area contributed by atoms with E-state index < -0.39 is 5.82 Å². The number of hydrogen-bond acceptors (Lipinski definition) is 4. The van der Waals surface area contributed by atoms with Crippen LogP contribution in [-0.2, 0) is 0 Å². The van der Waals surface area contributed by atoms with Crippen molar-refractivity contribution in [3.8, 4) is 5.88 Å². The van der Waals surface area contributed by atoms with Gasteiger partial charge in [-0.25, -0.2) is 8.78 Å². The second-order valence-corrected chi connectivity index (χ2v) is 6.86. The predicted octanol–water partition coefficient (Wildman–Crippen LogP) is 4.04. The van der Waals surface area contributed by atoms with Crippen LogP contribution in [0.15, 0.2) is 41.4 Å². The van der Waals surface area contributed by atoms with Gasteiger partial charge in [0.05, 0.1) is 22.5 Å². The lowest BCUT2D eigenvalue weighted by atomic mass is 10.1. The summed E-state index contributed by atoms with van der Waals surface area (Å²) in [6, 6.07) is 9.35. The molecular weight excluding hydrogens is 362 g/mol. The number of aromatic amines is 1. The van der Waals surface area contributed by atoms with Gasteiger partial charge in [0.2, 0.25) is 0 Å². The lowest BCUT2D eigenvalue weighted by Crippen LogP contribution is -2.46. The number of aromatic hydroxyl groups is 1. The summed E-state index contributed by atoms with van der Waals surface area (Å²) in [6.45, 7) is 6.54. The lowest BCUT2D eigenvalue weighted by Gasteiger charge is -2.35. The first-order valence-electron chi connectivity index (χ1n) is 9.37. The van der Waals surface area contributed by atoms with Gasteiger partial charge in [0.1, 0.15) is 11.6 Å². The smallest absolute Gasteiger partial charge is 0.198 e. The van der Waals surface area contributed by atoms with E-state index in [0.29, 0.717) is 16.9 Å². The average Bonchev–Trinajstić information content (AvgIpc) is 3.03. The maximum Gasteiger partial charge on any atom is 0.198 e. The first kappa shape index (κ1) is 18.4. The van der Waals surface area contributed by atoms with Crippen LogP contribution in [0.1, 0.15) is 12.5 Å². The summed E-state index contributed by atoms with van der Waals surface area (Å²) in [6.07, 6.45) is 1.35. The molecule has 0 radical (unpaired) electrons. The summed E-state index contributed by atoms with van der Waals surface area (Å²) in [5.41, 5.74) is 1.69. The molecule has 0 unspecified atom stereocenters. The van der Waals surface area contributed by atoms with E-state index in [0.717, 1.165) is 32.7 Å². The van der Waals surface area contributed by atoms with Gasteiger partial charge in [0.15, 0.2) is 5.88 Å². The van der Waals surface area contributed by atoms with E-state index in [9.17, 15) is 13.9 Å². The number of H-pyrrole nitrogens is 1. The zero-order valence-electron chi connectivity index (χ0n) is 15.6. The number of hydrogen-bond donors (Lipinski definition) is 2. The average molecular weight is 384 g/mol. The number of nitrogens with one attached hydrogen (secondary N) is 1. The summed E-state index contributed by atoms with van der Waals surface area (Å²) in [4.78, 5) is 11.3. The van der Waals surface area contributed by atoms with E-state index in [1.165, 1.54) is 18.3 Å². The SMILES string of the molecule is CCN1CCN(c2ccc(N=Cc3c(O)[nH]c4cccc(F)c34)cc2F)CC1. The van der Waals surface area contributed by atoms with Crippen molar-refractivity contribution in [3.63, 3.8) is 0 Å². The highest BCUT2D eigenvalue weighted by atomic mass is 19.1. The van der Waals surface area contributed by atoms with Gasteiger partial charge in [-0.05, 0) is 30.8 Å². The molecule has 0 aliphatic carbocycles. The zero-order chi connectivity index (χ0) is 19.7. The zero-order valence-corrected chi connectivity index (χ0v) is 15.6. The minimum atomic E-state index is -0.455. The summed E-state index contributed by atoms with van der Waals surface area (Å²) >= 11 is 0. The number of rotatable bonds is 4. The molecule has 146 valence electrons. The van der Waals surface area contributed by atoms with Crippen molar-refractivity contribution in [3.05, 3.63) is 53.6 Å². The molecule has 28 heavy (non-hydrogen) atoms. The number of piperazine rings is 1. The molecule has 0 bridgehead atoms. The van der Waals surface area contributed by atoms with E-state index in [1.807, 2.05) is 4.90 Å². The molecule has 0 spiro atoms. The molecule has 0 amide bonds. The Labute approximate surface area is 161 Å². The van der Waals surface area contributed by atoms with E-state index >= 15 is 0 Å². The highest BCUT2D eigenvalue weighted by Crippen LogP contribution is 2.29. The van der Waals surface area contributed by atoms with Crippen LogP contribution in [0.5, 0.6) is 5.88 Å². The largest absolute Gasteiger partial charge is 0.494 e. The van der Waals surface area contributed by atoms with Crippen LogP contribution < -0.4 is 4.90 Å². The Morgan fingerprint density at radius 1 is 1.11 bits per heavy atom. The standard InChI is InChI=1S/C21H22F2N4O/c1-2-26-8-10-27(11-9-26)19-7-6-14(12-17(19)23)24-13-15-20-16(22)4-3-5-18(20)25-21(15)28/h3-7,12-13,25,28H,2,8-11H2,1H3. The molecule has 0 saturated carbocycles. The molecule has 7 heteroatoms. The first-order chi connectivity index (χ1) is 13.6. The molecule has 3 aromatic rings. The van der Waals surface area contributed by atoms with Gasteiger partial charge in [-0.1, -0.05) is 13.0 Å². The number of aromatic nitrogens is 1. The highest BCUT2D eigenvalue weighted by Gasteiger charge is 2.18. The van der Waals surface area contributed by atoms with Gasteiger partial charge in [-0.3, -0.25) is 4.99 Å². The third kappa shape index (κ3) is 3.45. The fourth-order valence-electron chi connectivity index (χ4n) is 3.62. The molecule has 4 rings (SSSR count). The molecule has 2 N–H and O–H groups in total. The van der Waals surface area contributed by atoms with Gasteiger partial charge in [-0.15, -0.1) is 0 Å². The minimum Gasteiger partial charge on any atom is -0.494 e. The monoisotopic (exact) mass is 384 g/mol. The van der Waals surface area contributed by atoms with Gasteiger partial charge in [0.25, 0.3) is 0 Å². The summed E-state index contributed by atoms with van der Waals surface area (Å²) < 4.78 is 28.7. The Kier molecular flexibility index (Phi) is 5.00.